The Bertz CT molecular complexity index is 648. The number of thiazole rings is 1. The van der Waals surface area contributed by atoms with E-state index in [0.717, 1.165) is 0 Å². The molecule has 1 atom stereocenters. The summed E-state index contributed by atoms with van der Waals surface area (Å²) in [7, 11) is 0. The van der Waals surface area contributed by atoms with Crippen molar-refractivity contribution in [2.45, 2.75) is 6.10 Å². The predicted molar refractivity (Wildman–Crippen MR) is 62.3 cm³/mol. The monoisotopic (exact) mass is 249 g/mol. The zero-order chi connectivity index (χ0) is 11.8. The van der Waals surface area contributed by atoms with Crippen LogP contribution in [0.5, 0.6) is 0 Å². The fourth-order valence-corrected chi connectivity index (χ4v) is 2.29. The van der Waals surface area contributed by atoms with Gasteiger partial charge in [0.05, 0.1) is 0 Å². The number of hydrogen-bond acceptors (Lipinski definition) is 4. The van der Waals surface area contributed by atoms with Crippen LogP contribution in [-0.4, -0.2) is 10.1 Å². The summed E-state index contributed by atoms with van der Waals surface area (Å²) in [5, 5.41) is 13.0. The molecule has 1 aromatic carbocycles. The Morgan fingerprint density at radius 1 is 1.35 bits per heavy atom. The second-order valence-corrected chi connectivity index (χ2v) is 4.53. The Balaban J connectivity index is 2.06. The largest absolute Gasteiger partial charge is 0.458 e. The predicted octanol–water partition coefficient (Wildman–Crippen LogP) is 3.11. The van der Waals surface area contributed by atoms with E-state index in [0.29, 0.717) is 21.7 Å². The van der Waals surface area contributed by atoms with Crippen LogP contribution in [0.25, 0.3) is 11.0 Å². The van der Waals surface area contributed by atoms with Crippen molar-refractivity contribution < 1.29 is 13.9 Å². The van der Waals surface area contributed by atoms with Crippen molar-refractivity contribution in [2.24, 2.45) is 0 Å². The van der Waals surface area contributed by atoms with Crippen LogP contribution >= 0.6 is 11.3 Å². The van der Waals surface area contributed by atoms with Crippen LogP contribution in [0.4, 0.5) is 4.39 Å². The molecule has 0 aliphatic carbocycles. The second kappa shape index (κ2) is 3.94. The van der Waals surface area contributed by atoms with E-state index in [9.17, 15) is 9.50 Å². The van der Waals surface area contributed by atoms with Crippen LogP contribution in [0.2, 0.25) is 0 Å². The number of benzene rings is 1. The zero-order valence-corrected chi connectivity index (χ0v) is 9.45. The lowest BCUT2D eigenvalue weighted by atomic mass is 10.2. The van der Waals surface area contributed by atoms with Crippen LogP contribution in [0, 0.1) is 5.82 Å². The maximum absolute atomic E-state index is 13.0. The molecule has 0 fully saturated rings. The van der Waals surface area contributed by atoms with Gasteiger partial charge in [0.15, 0.2) is 6.10 Å². The number of halogens is 1. The Kier molecular flexibility index (Phi) is 2.42. The van der Waals surface area contributed by atoms with Crippen LogP contribution < -0.4 is 0 Å². The Labute approximate surface area is 100 Å². The molecule has 17 heavy (non-hydrogen) atoms. The highest BCUT2D eigenvalue weighted by molar-refractivity contribution is 7.09. The summed E-state index contributed by atoms with van der Waals surface area (Å²) in [6.07, 6.45) is 0.719. The molecular weight excluding hydrogens is 241 g/mol. The van der Waals surface area contributed by atoms with Gasteiger partial charge in [-0.15, -0.1) is 11.3 Å². The van der Waals surface area contributed by atoms with Gasteiger partial charge in [0.2, 0.25) is 0 Å². The van der Waals surface area contributed by atoms with Gasteiger partial charge < -0.3 is 9.52 Å². The highest BCUT2D eigenvalue weighted by Gasteiger charge is 2.17. The van der Waals surface area contributed by atoms with Crippen molar-refractivity contribution in [2.75, 3.05) is 0 Å². The first-order chi connectivity index (χ1) is 8.24. The average molecular weight is 249 g/mol. The van der Waals surface area contributed by atoms with Crippen LogP contribution in [0.1, 0.15) is 16.9 Å². The molecule has 0 aliphatic rings. The Morgan fingerprint density at radius 2 is 2.24 bits per heavy atom. The molecular formula is C12H8FNO2S. The van der Waals surface area contributed by atoms with Gasteiger partial charge >= 0.3 is 0 Å². The van der Waals surface area contributed by atoms with Crippen molar-refractivity contribution in [3.05, 3.63) is 52.4 Å². The molecule has 0 bridgehead atoms. The van der Waals surface area contributed by atoms with Gasteiger partial charge in [-0.05, 0) is 24.3 Å². The number of fused-ring (bicyclic) bond motifs is 1. The molecule has 0 amide bonds. The molecule has 0 aliphatic heterocycles. The minimum atomic E-state index is -0.898. The standard InChI is InChI=1S/C12H8FNO2S/c13-8-1-2-9-7(5-8)6-10(16-9)11(15)12-14-3-4-17-12/h1-6,11,15H. The molecule has 0 saturated carbocycles. The quantitative estimate of drug-likeness (QED) is 0.759. The third-order valence-corrected chi connectivity index (χ3v) is 3.28. The first kappa shape index (κ1) is 10.4. The van der Waals surface area contributed by atoms with Crippen molar-refractivity contribution in [1.29, 1.82) is 0 Å². The highest BCUT2D eigenvalue weighted by atomic mass is 32.1. The molecule has 5 heteroatoms. The zero-order valence-electron chi connectivity index (χ0n) is 8.63. The van der Waals surface area contributed by atoms with E-state index in [1.807, 2.05) is 0 Å². The summed E-state index contributed by atoms with van der Waals surface area (Å²) in [4.78, 5) is 4.01. The molecule has 2 heterocycles. The number of hydrogen-bond donors (Lipinski definition) is 1. The second-order valence-electron chi connectivity index (χ2n) is 3.60. The molecule has 3 aromatic rings. The number of aliphatic hydroxyl groups is 1. The minimum absolute atomic E-state index is 0.325. The summed E-state index contributed by atoms with van der Waals surface area (Å²) >= 11 is 1.34. The summed E-state index contributed by atoms with van der Waals surface area (Å²) in [6.45, 7) is 0. The number of rotatable bonds is 2. The van der Waals surface area contributed by atoms with Gasteiger partial charge in [-0.2, -0.15) is 0 Å². The van der Waals surface area contributed by atoms with Crippen LogP contribution in [-0.2, 0) is 0 Å². The molecule has 1 N–H and O–H groups in total. The van der Waals surface area contributed by atoms with Crippen molar-refractivity contribution >= 4 is 22.3 Å². The maximum Gasteiger partial charge on any atom is 0.163 e. The molecule has 3 rings (SSSR count). The topological polar surface area (TPSA) is 46.3 Å². The Morgan fingerprint density at radius 3 is 3.00 bits per heavy atom. The lowest BCUT2D eigenvalue weighted by Gasteiger charge is -2.01. The normalized spacial score (nSPS) is 13.1. The number of furan rings is 1. The van der Waals surface area contributed by atoms with E-state index < -0.39 is 6.10 Å². The molecule has 86 valence electrons. The third kappa shape index (κ3) is 1.83. The Hall–Kier alpha value is -1.72. The van der Waals surface area contributed by atoms with E-state index in [1.54, 1.807) is 23.7 Å². The summed E-state index contributed by atoms with van der Waals surface area (Å²) in [6, 6.07) is 5.87. The summed E-state index contributed by atoms with van der Waals surface area (Å²) in [5.41, 5.74) is 0.553. The van der Waals surface area contributed by atoms with Crippen molar-refractivity contribution in [3.8, 4) is 0 Å². The van der Waals surface area contributed by atoms with Gasteiger partial charge in [-0.1, -0.05) is 0 Å². The number of nitrogens with zero attached hydrogens (tertiary/aromatic N) is 1. The van der Waals surface area contributed by atoms with Crippen LogP contribution in [0.15, 0.2) is 40.3 Å². The van der Waals surface area contributed by atoms with Gasteiger partial charge in [0.25, 0.3) is 0 Å². The summed E-state index contributed by atoms with van der Waals surface area (Å²) < 4.78 is 18.5. The first-order valence-electron chi connectivity index (χ1n) is 5.00. The average Bonchev–Trinajstić information content (AvgIpc) is 2.96. The number of aliphatic hydroxyl groups excluding tert-OH is 1. The first-order valence-corrected chi connectivity index (χ1v) is 5.88. The molecule has 0 saturated heterocycles. The van der Waals surface area contributed by atoms with Gasteiger partial charge in [-0.25, -0.2) is 9.37 Å². The van der Waals surface area contributed by atoms with E-state index in [4.69, 9.17) is 4.42 Å². The van der Waals surface area contributed by atoms with E-state index in [1.165, 1.54) is 23.5 Å². The summed E-state index contributed by atoms with van der Waals surface area (Å²) in [5.74, 6) is 0.0501. The van der Waals surface area contributed by atoms with Gasteiger partial charge in [-0.3, -0.25) is 0 Å². The fraction of sp³-hybridized carbons (Fsp3) is 0.0833. The van der Waals surface area contributed by atoms with Crippen molar-refractivity contribution in [3.63, 3.8) is 0 Å². The molecule has 0 spiro atoms. The lowest BCUT2D eigenvalue weighted by molar-refractivity contribution is 0.192. The van der Waals surface area contributed by atoms with E-state index in [2.05, 4.69) is 4.98 Å². The smallest absolute Gasteiger partial charge is 0.163 e. The SMILES string of the molecule is OC(c1cc2cc(F)ccc2o1)c1nccs1. The van der Waals surface area contributed by atoms with Crippen LogP contribution in [0.3, 0.4) is 0 Å². The van der Waals surface area contributed by atoms with Crippen molar-refractivity contribution in [1.82, 2.24) is 4.98 Å². The molecule has 1 unspecified atom stereocenters. The van der Waals surface area contributed by atoms with E-state index in [-0.39, 0.29) is 5.82 Å². The highest BCUT2D eigenvalue weighted by Crippen LogP contribution is 2.29. The molecule has 3 nitrogen and oxygen atoms in total. The van der Waals surface area contributed by atoms with Gasteiger partial charge in [0.1, 0.15) is 22.2 Å². The fourth-order valence-electron chi connectivity index (χ4n) is 1.66. The maximum atomic E-state index is 13.0. The molecule has 0 radical (unpaired) electrons. The number of aromatic nitrogens is 1. The minimum Gasteiger partial charge on any atom is -0.458 e. The van der Waals surface area contributed by atoms with Gasteiger partial charge in [0, 0.05) is 17.0 Å². The lowest BCUT2D eigenvalue weighted by Crippen LogP contribution is -1.96. The third-order valence-electron chi connectivity index (χ3n) is 2.45. The molecule has 2 aromatic heterocycles. The van der Waals surface area contributed by atoms with E-state index >= 15 is 0 Å².